The maximum absolute atomic E-state index is 5.83. The Kier molecular flexibility index (Phi) is 5.20. The lowest BCUT2D eigenvalue weighted by atomic mass is 10.2. The van der Waals surface area contributed by atoms with E-state index >= 15 is 0 Å². The van der Waals surface area contributed by atoms with E-state index in [0.717, 1.165) is 34.6 Å². The Balaban J connectivity index is 2.03. The molecule has 108 valence electrons. The highest BCUT2D eigenvalue weighted by Gasteiger charge is 2.12. The highest BCUT2D eigenvalue weighted by molar-refractivity contribution is 9.10. The van der Waals surface area contributed by atoms with Crippen LogP contribution in [-0.4, -0.2) is 16.8 Å². The molecule has 0 saturated carbocycles. The van der Waals surface area contributed by atoms with Crippen molar-refractivity contribution >= 4 is 15.9 Å². The Labute approximate surface area is 128 Å². The summed E-state index contributed by atoms with van der Waals surface area (Å²) in [5, 5.41) is 7.59. The minimum atomic E-state index is 0.509. The Morgan fingerprint density at radius 2 is 2.00 bits per heavy atom. The molecule has 20 heavy (non-hydrogen) atoms. The number of hydrogen-bond acceptors (Lipinski definition) is 3. The fraction of sp³-hybridized carbons (Fsp3) is 0.400. The van der Waals surface area contributed by atoms with Gasteiger partial charge in [0.1, 0.15) is 12.4 Å². The van der Waals surface area contributed by atoms with Crippen molar-refractivity contribution in [3.63, 3.8) is 0 Å². The quantitative estimate of drug-likeness (QED) is 0.880. The first-order chi connectivity index (χ1) is 9.65. The fourth-order valence-corrected chi connectivity index (χ4v) is 2.77. The smallest absolute Gasteiger partial charge is 0.131 e. The summed E-state index contributed by atoms with van der Waals surface area (Å²) in [5.74, 6) is 0.871. The van der Waals surface area contributed by atoms with E-state index in [2.05, 4.69) is 45.4 Å². The molecule has 0 aliphatic carbocycles. The highest BCUT2D eigenvalue weighted by Crippen LogP contribution is 2.23. The van der Waals surface area contributed by atoms with E-state index in [1.54, 1.807) is 0 Å². The molecule has 0 amide bonds. The summed E-state index contributed by atoms with van der Waals surface area (Å²) in [5.41, 5.74) is 3.37. The van der Waals surface area contributed by atoms with Crippen LogP contribution in [0.2, 0.25) is 0 Å². The molecule has 0 radical (unpaired) electrons. The van der Waals surface area contributed by atoms with E-state index in [4.69, 9.17) is 4.74 Å². The molecule has 2 aromatic rings. The molecule has 0 aliphatic rings. The van der Waals surface area contributed by atoms with Gasteiger partial charge in [-0.2, -0.15) is 5.10 Å². The van der Waals surface area contributed by atoms with Crippen LogP contribution < -0.4 is 10.1 Å². The van der Waals surface area contributed by atoms with Gasteiger partial charge >= 0.3 is 0 Å². The van der Waals surface area contributed by atoms with Gasteiger partial charge in [-0.1, -0.05) is 19.1 Å². The Morgan fingerprint density at radius 1 is 1.30 bits per heavy atom. The van der Waals surface area contributed by atoms with Crippen LogP contribution in [0.3, 0.4) is 0 Å². The number of ether oxygens (including phenoxy) is 1. The molecular formula is C15H20BrN3O. The van der Waals surface area contributed by atoms with E-state index in [1.807, 2.05) is 30.9 Å². The van der Waals surface area contributed by atoms with Gasteiger partial charge in [-0.25, -0.2) is 0 Å². The number of benzene rings is 1. The van der Waals surface area contributed by atoms with Gasteiger partial charge in [-0.3, -0.25) is 4.68 Å². The summed E-state index contributed by atoms with van der Waals surface area (Å²) in [6, 6.07) is 8.14. The summed E-state index contributed by atoms with van der Waals surface area (Å²) < 4.78 is 8.76. The molecule has 4 nitrogen and oxygen atoms in total. The van der Waals surface area contributed by atoms with E-state index in [0.29, 0.717) is 6.61 Å². The van der Waals surface area contributed by atoms with Crippen LogP contribution in [0.15, 0.2) is 28.7 Å². The maximum Gasteiger partial charge on any atom is 0.131 e. The Morgan fingerprint density at radius 3 is 2.55 bits per heavy atom. The van der Waals surface area contributed by atoms with Crippen molar-refractivity contribution in [2.24, 2.45) is 7.05 Å². The summed E-state index contributed by atoms with van der Waals surface area (Å²) in [6.45, 7) is 3.47. The van der Waals surface area contributed by atoms with Crippen LogP contribution in [-0.2, 0) is 26.6 Å². The molecule has 1 aromatic heterocycles. The van der Waals surface area contributed by atoms with Crippen molar-refractivity contribution in [1.29, 1.82) is 0 Å². The molecule has 0 spiro atoms. The van der Waals surface area contributed by atoms with Crippen LogP contribution in [0.5, 0.6) is 5.75 Å². The second-order valence-corrected chi connectivity index (χ2v) is 5.44. The van der Waals surface area contributed by atoms with E-state index in [-0.39, 0.29) is 0 Å². The lowest BCUT2D eigenvalue weighted by Crippen LogP contribution is -2.05. The lowest BCUT2D eigenvalue weighted by molar-refractivity contribution is 0.294. The molecular weight excluding hydrogens is 318 g/mol. The standard InChI is InChI=1S/C15H20BrN3O/c1-4-13-15(16)14(19(3)18-13)10-20-12-7-5-11(6-8-12)9-17-2/h5-8,17H,4,9-10H2,1-3H3. The number of aromatic nitrogens is 2. The largest absolute Gasteiger partial charge is 0.487 e. The molecule has 5 heteroatoms. The Bertz CT molecular complexity index is 563. The van der Waals surface area contributed by atoms with Crippen LogP contribution in [0, 0.1) is 0 Å². The third kappa shape index (κ3) is 3.41. The monoisotopic (exact) mass is 337 g/mol. The molecule has 0 fully saturated rings. The van der Waals surface area contributed by atoms with Gasteiger partial charge in [-0.05, 0) is 47.1 Å². The molecule has 1 N–H and O–H groups in total. The zero-order valence-corrected chi connectivity index (χ0v) is 13.7. The summed E-state index contributed by atoms with van der Waals surface area (Å²) in [7, 11) is 3.88. The van der Waals surface area contributed by atoms with Crippen LogP contribution in [0.25, 0.3) is 0 Å². The third-order valence-electron chi connectivity index (χ3n) is 3.18. The number of nitrogens with zero attached hydrogens (tertiary/aromatic N) is 2. The predicted octanol–water partition coefficient (Wildman–Crippen LogP) is 3.04. The Hall–Kier alpha value is -1.33. The lowest BCUT2D eigenvalue weighted by Gasteiger charge is -2.08. The second kappa shape index (κ2) is 6.90. The first-order valence-electron chi connectivity index (χ1n) is 6.72. The second-order valence-electron chi connectivity index (χ2n) is 4.65. The number of rotatable bonds is 6. The van der Waals surface area contributed by atoms with Crippen molar-refractivity contribution in [3.05, 3.63) is 45.7 Å². The van der Waals surface area contributed by atoms with Gasteiger partial charge in [0.05, 0.1) is 15.9 Å². The third-order valence-corrected chi connectivity index (χ3v) is 4.10. The van der Waals surface area contributed by atoms with Gasteiger partial charge in [-0.15, -0.1) is 0 Å². The topological polar surface area (TPSA) is 39.1 Å². The van der Waals surface area contributed by atoms with Crippen LogP contribution >= 0.6 is 15.9 Å². The fourth-order valence-electron chi connectivity index (χ4n) is 2.04. The van der Waals surface area contributed by atoms with E-state index < -0.39 is 0 Å². The molecule has 0 atom stereocenters. The molecule has 1 aromatic carbocycles. The van der Waals surface area contributed by atoms with Gasteiger partial charge in [0.2, 0.25) is 0 Å². The maximum atomic E-state index is 5.83. The van der Waals surface area contributed by atoms with E-state index in [1.165, 1.54) is 5.56 Å². The summed E-state index contributed by atoms with van der Waals surface area (Å²) in [4.78, 5) is 0. The zero-order chi connectivity index (χ0) is 14.5. The van der Waals surface area contributed by atoms with E-state index in [9.17, 15) is 0 Å². The van der Waals surface area contributed by atoms with Gasteiger partial charge < -0.3 is 10.1 Å². The minimum Gasteiger partial charge on any atom is -0.487 e. The molecule has 0 bridgehead atoms. The average molecular weight is 338 g/mol. The zero-order valence-electron chi connectivity index (χ0n) is 12.1. The number of halogens is 1. The van der Waals surface area contributed by atoms with Crippen molar-refractivity contribution in [3.8, 4) is 5.75 Å². The first kappa shape index (κ1) is 15.1. The number of hydrogen-bond donors (Lipinski definition) is 1. The normalized spacial score (nSPS) is 10.8. The SMILES string of the molecule is CCc1nn(C)c(COc2ccc(CNC)cc2)c1Br. The van der Waals surface area contributed by atoms with Crippen molar-refractivity contribution in [2.45, 2.75) is 26.5 Å². The number of aryl methyl sites for hydroxylation is 2. The molecule has 0 saturated heterocycles. The molecule has 0 aliphatic heterocycles. The van der Waals surface area contributed by atoms with Crippen molar-refractivity contribution in [2.75, 3.05) is 7.05 Å². The summed E-state index contributed by atoms with van der Waals surface area (Å²) in [6.07, 6.45) is 0.910. The first-order valence-corrected chi connectivity index (χ1v) is 7.51. The molecule has 0 unspecified atom stereocenters. The molecule has 2 rings (SSSR count). The van der Waals surface area contributed by atoms with Crippen LogP contribution in [0.1, 0.15) is 23.9 Å². The summed E-state index contributed by atoms with van der Waals surface area (Å²) >= 11 is 3.60. The van der Waals surface area contributed by atoms with Crippen LogP contribution in [0.4, 0.5) is 0 Å². The van der Waals surface area contributed by atoms with Gasteiger partial charge in [0, 0.05) is 13.6 Å². The number of nitrogens with one attached hydrogen (secondary N) is 1. The molecule has 1 heterocycles. The highest BCUT2D eigenvalue weighted by atomic mass is 79.9. The van der Waals surface area contributed by atoms with Gasteiger partial charge in [0.25, 0.3) is 0 Å². The predicted molar refractivity (Wildman–Crippen MR) is 83.8 cm³/mol. The van der Waals surface area contributed by atoms with Crippen molar-refractivity contribution in [1.82, 2.24) is 15.1 Å². The van der Waals surface area contributed by atoms with Crippen molar-refractivity contribution < 1.29 is 4.74 Å². The average Bonchev–Trinajstić information content (AvgIpc) is 2.73. The minimum absolute atomic E-state index is 0.509. The van der Waals surface area contributed by atoms with Gasteiger partial charge in [0.15, 0.2) is 0 Å².